The van der Waals surface area contributed by atoms with Crippen molar-refractivity contribution in [2.24, 2.45) is 0 Å². The zero-order valence-electron chi connectivity index (χ0n) is 24.1. The third-order valence-electron chi connectivity index (χ3n) is 6.67. The smallest absolute Gasteiger partial charge is 0.322 e. The van der Waals surface area contributed by atoms with Crippen LogP contribution in [0.5, 0.6) is 0 Å². The van der Waals surface area contributed by atoms with Gasteiger partial charge in [-0.05, 0) is 38.2 Å². The lowest BCUT2D eigenvalue weighted by Crippen LogP contribution is -2.28. The summed E-state index contributed by atoms with van der Waals surface area (Å²) < 4.78 is 5.78. The third-order valence-corrected chi connectivity index (χ3v) is 6.67. The number of carbonyl (C=O) groups is 3. The maximum Gasteiger partial charge on any atom is 0.322 e. The van der Waals surface area contributed by atoms with E-state index in [1.807, 2.05) is 0 Å². The van der Waals surface area contributed by atoms with Gasteiger partial charge >= 0.3 is 11.9 Å². The first-order valence-electron chi connectivity index (χ1n) is 15.3. The Labute approximate surface area is 227 Å². The minimum atomic E-state index is -1.03. The number of hydrogen-bond acceptors (Lipinski definition) is 4. The van der Waals surface area contributed by atoms with E-state index in [1.165, 1.54) is 64.2 Å². The number of rotatable bonds is 27. The number of amides is 1. The lowest BCUT2D eigenvalue weighted by atomic mass is 10.0. The summed E-state index contributed by atoms with van der Waals surface area (Å²) in [5, 5.41) is 11.0. The van der Waals surface area contributed by atoms with Gasteiger partial charge in [-0.3, -0.25) is 14.4 Å². The molecule has 37 heavy (non-hydrogen) atoms. The Bertz CT molecular complexity index is 590. The predicted molar refractivity (Wildman–Crippen MR) is 153 cm³/mol. The van der Waals surface area contributed by atoms with Crippen molar-refractivity contribution in [1.29, 1.82) is 0 Å². The monoisotopic (exact) mass is 523 g/mol. The van der Waals surface area contributed by atoms with Gasteiger partial charge in [-0.2, -0.15) is 0 Å². The highest BCUT2D eigenvalue weighted by Crippen LogP contribution is 2.15. The van der Waals surface area contributed by atoms with Gasteiger partial charge < -0.3 is 15.2 Å². The minimum absolute atomic E-state index is 0.0904. The molecule has 216 valence electrons. The summed E-state index contributed by atoms with van der Waals surface area (Å²) in [6.07, 6.45) is 27.9. The molecule has 6 nitrogen and oxygen atoms in total. The van der Waals surface area contributed by atoms with Gasteiger partial charge in [-0.1, -0.05) is 116 Å². The van der Waals surface area contributed by atoms with Crippen molar-refractivity contribution in [2.75, 3.05) is 6.54 Å². The van der Waals surface area contributed by atoms with Crippen molar-refractivity contribution in [3.8, 4) is 0 Å². The van der Waals surface area contributed by atoms with E-state index < -0.39 is 5.97 Å². The van der Waals surface area contributed by atoms with Crippen molar-refractivity contribution in [1.82, 2.24) is 5.32 Å². The summed E-state index contributed by atoms with van der Waals surface area (Å²) >= 11 is 0. The second kappa shape index (κ2) is 27.2. The number of nitrogens with one attached hydrogen (secondary N) is 1. The van der Waals surface area contributed by atoms with Crippen molar-refractivity contribution in [3.05, 3.63) is 12.2 Å². The third kappa shape index (κ3) is 27.0. The Morgan fingerprint density at radius 2 is 1.22 bits per heavy atom. The van der Waals surface area contributed by atoms with Crippen molar-refractivity contribution >= 4 is 17.8 Å². The highest BCUT2D eigenvalue weighted by molar-refractivity contribution is 5.80. The lowest BCUT2D eigenvalue weighted by molar-refractivity contribution is -0.147. The van der Waals surface area contributed by atoms with Crippen LogP contribution in [0.2, 0.25) is 0 Å². The van der Waals surface area contributed by atoms with Gasteiger partial charge in [0.1, 0.15) is 12.6 Å². The molecule has 0 aromatic heterocycles. The number of unbranched alkanes of at least 4 members (excludes halogenated alkanes) is 16. The molecule has 0 saturated heterocycles. The van der Waals surface area contributed by atoms with Gasteiger partial charge in [0.05, 0.1) is 0 Å². The van der Waals surface area contributed by atoms with E-state index in [1.54, 1.807) is 0 Å². The highest BCUT2D eigenvalue weighted by Gasteiger charge is 2.11. The zero-order valence-corrected chi connectivity index (χ0v) is 24.1. The molecule has 1 amide bonds. The molecule has 0 aromatic rings. The molecule has 2 N–H and O–H groups in total. The lowest BCUT2D eigenvalue weighted by Gasteiger charge is -2.15. The van der Waals surface area contributed by atoms with E-state index in [4.69, 9.17) is 9.84 Å². The standard InChI is InChI=1S/C31H57NO5/c1-3-5-7-9-10-11-12-13-14-15-16-22-26-31(36)37-28(23-19-8-6-4-2)24-20-17-18-21-25-29(33)32-27-30(34)35/h19,23,28H,3-18,20-22,24-27H2,1-2H3,(H,32,33)(H,34,35)/b23-19-. The summed E-state index contributed by atoms with van der Waals surface area (Å²) in [4.78, 5) is 34.4. The number of esters is 1. The van der Waals surface area contributed by atoms with Crippen LogP contribution in [-0.4, -0.2) is 35.6 Å². The van der Waals surface area contributed by atoms with Gasteiger partial charge in [0.2, 0.25) is 5.91 Å². The molecule has 0 aliphatic heterocycles. The van der Waals surface area contributed by atoms with Crippen LogP contribution < -0.4 is 5.32 Å². The van der Waals surface area contributed by atoms with E-state index >= 15 is 0 Å². The van der Waals surface area contributed by atoms with Crippen LogP contribution in [0.1, 0.15) is 155 Å². The molecule has 0 aromatic carbocycles. The maximum absolute atomic E-state index is 12.4. The molecule has 0 rings (SSSR count). The van der Waals surface area contributed by atoms with Crippen LogP contribution in [0.15, 0.2) is 12.2 Å². The molecule has 0 heterocycles. The molecule has 0 aliphatic carbocycles. The fourth-order valence-electron chi connectivity index (χ4n) is 4.35. The molecule has 0 saturated carbocycles. The van der Waals surface area contributed by atoms with Gasteiger partial charge in [-0.15, -0.1) is 0 Å². The molecule has 0 bridgehead atoms. The van der Waals surface area contributed by atoms with Gasteiger partial charge in [-0.25, -0.2) is 0 Å². The minimum Gasteiger partial charge on any atom is -0.480 e. The first kappa shape index (κ1) is 35.2. The average molecular weight is 524 g/mol. The fourth-order valence-corrected chi connectivity index (χ4v) is 4.35. The van der Waals surface area contributed by atoms with Crippen LogP contribution in [-0.2, 0) is 19.1 Å². The van der Waals surface area contributed by atoms with Crippen molar-refractivity contribution < 1.29 is 24.2 Å². The quantitative estimate of drug-likeness (QED) is 0.0642. The van der Waals surface area contributed by atoms with E-state index in [-0.39, 0.29) is 24.5 Å². The molecule has 0 fully saturated rings. The number of allylic oxidation sites excluding steroid dienone is 1. The van der Waals surface area contributed by atoms with Gasteiger partial charge in [0.15, 0.2) is 0 Å². The number of hydrogen-bond donors (Lipinski definition) is 2. The normalized spacial score (nSPS) is 12.1. The van der Waals surface area contributed by atoms with Crippen LogP contribution in [0.4, 0.5) is 0 Å². The molecule has 0 spiro atoms. The number of carboxylic acids is 1. The molecular formula is C31H57NO5. The number of aliphatic carboxylic acids is 1. The van der Waals surface area contributed by atoms with Crippen molar-refractivity contribution in [3.63, 3.8) is 0 Å². The van der Waals surface area contributed by atoms with E-state index in [2.05, 4.69) is 31.3 Å². The van der Waals surface area contributed by atoms with Crippen molar-refractivity contribution in [2.45, 2.75) is 161 Å². The topological polar surface area (TPSA) is 92.7 Å². The van der Waals surface area contributed by atoms with E-state index in [0.717, 1.165) is 64.2 Å². The summed E-state index contributed by atoms with van der Waals surface area (Å²) in [7, 11) is 0. The van der Waals surface area contributed by atoms with Crippen LogP contribution in [0.25, 0.3) is 0 Å². The van der Waals surface area contributed by atoms with Crippen LogP contribution in [0, 0.1) is 0 Å². The SMILES string of the molecule is CCCC/C=C\C(CCCCCCC(=O)NCC(=O)O)OC(=O)CCCCCCCCCCCCCC. The summed E-state index contributed by atoms with van der Waals surface area (Å²) in [6.45, 7) is 4.10. The van der Waals surface area contributed by atoms with E-state index in [0.29, 0.717) is 12.8 Å². The summed E-state index contributed by atoms with van der Waals surface area (Å²) in [6, 6.07) is 0. The summed E-state index contributed by atoms with van der Waals surface area (Å²) in [5.41, 5.74) is 0. The molecule has 1 atom stereocenters. The predicted octanol–water partition coefficient (Wildman–Crippen LogP) is 8.28. The average Bonchev–Trinajstić information content (AvgIpc) is 2.87. The molecular weight excluding hydrogens is 466 g/mol. The second-order valence-electron chi connectivity index (χ2n) is 10.4. The number of ether oxygens (including phenoxy) is 1. The highest BCUT2D eigenvalue weighted by atomic mass is 16.5. The Morgan fingerprint density at radius 3 is 1.78 bits per heavy atom. The van der Waals surface area contributed by atoms with Gasteiger partial charge in [0, 0.05) is 12.8 Å². The Kier molecular flexibility index (Phi) is 25.8. The first-order chi connectivity index (χ1) is 18.0. The number of carboxylic acid groups (broad SMARTS) is 1. The van der Waals surface area contributed by atoms with Gasteiger partial charge in [0.25, 0.3) is 0 Å². The molecule has 1 unspecified atom stereocenters. The Hall–Kier alpha value is -1.85. The number of carbonyl (C=O) groups excluding carboxylic acids is 2. The fraction of sp³-hybridized carbons (Fsp3) is 0.839. The zero-order chi connectivity index (χ0) is 27.4. The summed E-state index contributed by atoms with van der Waals surface area (Å²) in [5.74, 6) is -1.34. The maximum atomic E-state index is 12.4. The largest absolute Gasteiger partial charge is 0.480 e. The molecule has 6 heteroatoms. The Balaban J connectivity index is 3.97. The van der Waals surface area contributed by atoms with E-state index in [9.17, 15) is 14.4 Å². The van der Waals surface area contributed by atoms with Crippen LogP contribution in [0.3, 0.4) is 0 Å². The second-order valence-corrected chi connectivity index (χ2v) is 10.4. The Morgan fingerprint density at radius 1 is 0.703 bits per heavy atom. The van der Waals surface area contributed by atoms with Crippen LogP contribution >= 0.6 is 0 Å². The first-order valence-corrected chi connectivity index (χ1v) is 15.3. The molecule has 0 aliphatic rings. The molecule has 0 radical (unpaired) electrons.